The van der Waals surface area contributed by atoms with Gasteiger partial charge in [0.05, 0.1) is 25.5 Å². The summed E-state index contributed by atoms with van der Waals surface area (Å²) in [7, 11) is 0. The maximum absolute atomic E-state index is 5.33. The molecule has 1 saturated heterocycles. The highest BCUT2D eigenvalue weighted by Crippen LogP contribution is 2.21. The summed E-state index contributed by atoms with van der Waals surface area (Å²) < 4.78 is 14.2. The van der Waals surface area contributed by atoms with E-state index in [2.05, 4.69) is 25.0 Å². The molecule has 3 rings (SSSR count). The second kappa shape index (κ2) is 4.24. The zero-order valence-corrected chi connectivity index (χ0v) is 9.11. The van der Waals surface area contributed by atoms with E-state index >= 15 is 0 Å². The third-order valence-electron chi connectivity index (χ3n) is 2.25. The van der Waals surface area contributed by atoms with Crippen molar-refractivity contribution in [3.05, 3.63) is 12.0 Å². The molecule has 8 heteroatoms. The zero-order valence-electron chi connectivity index (χ0n) is 8.29. The SMILES string of the molecule is c1nnsc1-c1nc(C2COCCN2)no1. The van der Waals surface area contributed by atoms with Gasteiger partial charge in [0.1, 0.15) is 4.88 Å². The number of aromatic nitrogens is 4. The molecule has 0 radical (unpaired) electrons. The van der Waals surface area contributed by atoms with Crippen LogP contribution in [-0.2, 0) is 4.74 Å². The van der Waals surface area contributed by atoms with Gasteiger partial charge in [0.25, 0.3) is 5.89 Å². The number of ether oxygens (including phenoxy) is 1. The third kappa shape index (κ3) is 1.82. The average molecular weight is 239 g/mol. The lowest BCUT2D eigenvalue weighted by molar-refractivity contribution is 0.0734. The van der Waals surface area contributed by atoms with Crippen LogP contribution in [-0.4, -0.2) is 39.5 Å². The van der Waals surface area contributed by atoms with Gasteiger partial charge >= 0.3 is 0 Å². The Balaban J connectivity index is 1.82. The van der Waals surface area contributed by atoms with Crippen molar-refractivity contribution in [1.82, 2.24) is 25.0 Å². The van der Waals surface area contributed by atoms with Gasteiger partial charge in [-0.15, -0.1) is 5.10 Å². The summed E-state index contributed by atoms with van der Waals surface area (Å²) in [5.41, 5.74) is 0. The summed E-state index contributed by atoms with van der Waals surface area (Å²) in [6, 6.07) is 0.00660. The van der Waals surface area contributed by atoms with Crippen molar-refractivity contribution in [3.63, 3.8) is 0 Å². The molecule has 2 aromatic heterocycles. The van der Waals surface area contributed by atoms with E-state index in [1.165, 1.54) is 11.5 Å². The Labute approximate surface area is 95.0 Å². The lowest BCUT2D eigenvalue weighted by Crippen LogP contribution is -2.35. The molecule has 1 aliphatic rings. The molecule has 2 aromatic rings. The van der Waals surface area contributed by atoms with Crippen molar-refractivity contribution < 1.29 is 9.26 Å². The summed E-state index contributed by atoms with van der Waals surface area (Å²) >= 11 is 1.23. The third-order valence-corrected chi connectivity index (χ3v) is 2.90. The fourth-order valence-electron chi connectivity index (χ4n) is 1.47. The first kappa shape index (κ1) is 9.82. The predicted molar refractivity (Wildman–Crippen MR) is 54.8 cm³/mol. The highest BCUT2D eigenvalue weighted by atomic mass is 32.1. The highest BCUT2D eigenvalue weighted by molar-refractivity contribution is 7.09. The number of rotatable bonds is 2. The fraction of sp³-hybridized carbons (Fsp3) is 0.500. The Bertz CT molecular complexity index is 451. The summed E-state index contributed by atoms with van der Waals surface area (Å²) in [6.45, 7) is 2.09. The van der Waals surface area contributed by atoms with E-state index < -0.39 is 0 Å². The number of morpholine rings is 1. The van der Waals surface area contributed by atoms with Crippen LogP contribution in [0.1, 0.15) is 11.9 Å². The number of hydrogen-bond acceptors (Lipinski definition) is 8. The largest absolute Gasteiger partial charge is 0.378 e. The van der Waals surface area contributed by atoms with Gasteiger partial charge in [0.15, 0.2) is 5.82 Å². The van der Waals surface area contributed by atoms with Crippen LogP contribution in [0.25, 0.3) is 10.8 Å². The van der Waals surface area contributed by atoms with Crippen LogP contribution in [0.5, 0.6) is 0 Å². The van der Waals surface area contributed by atoms with Gasteiger partial charge in [0, 0.05) is 6.54 Å². The lowest BCUT2D eigenvalue weighted by atomic mass is 10.2. The highest BCUT2D eigenvalue weighted by Gasteiger charge is 2.21. The Morgan fingerprint density at radius 3 is 3.25 bits per heavy atom. The molecule has 16 heavy (non-hydrogen) atoms. The Morgan fingerprint density at radius 1 is 1.50 bits per heavy atom. The van der Waals surface area contributed by atoms with Crippen LogP contribution in [0.3, 0.4) is 0 Å². The van der Waals surface area contributed by atoms with Crippen LogP contribution < -0.4 is 5.32 Å². The molecule has 0 amide bonds. The van der Waals surface area contributed by atoms with Gasteiger partial charge in [-0.25, -0.2) is 0 Å². The monoisotopic (exact) mass is 239 g/mol. The molecule has 1 atom stereocenters. The first-order valence-corrected chi connectivity index (χ1v) is 5.63. The average Bonchev–Trinajstić information content (AvgIpc) is 3.01. The van der Waals surface area contributed by atoms with Crippen LogP contribution in [0.15, 0.2) is 10.7 Å². The molecule has 7 nitrogen and oxygen atoms in total. The van der Waals surface area contributed by atoms with E-state index in [9.17, 15) is 0 Å². The van der Waals surface area contributed by atoms with Gasteiger partial charge in [0.2, 0.25) is 0 Å². The van der Waals surface area contributed by atoms with E-state index in [0.29, 0.717) is 18.3 Å². The van der Waals surface area contributed by atoms with E-state index in [-0.39, 0.29) is 6.04 Å². The molecule has 0 aliphatic carbocycles. The van der Waals surface area contributed by atoms with Crippen LogP contribution in [0.2, 0.25) is 0 Å². The molecule has 0 bridgehead atoms. The van der Waals surface area contributed by atoms with Gasteiger partial charge in [-0.2, -0.15) is 4.98 Å². The summed E-state index contributed by atoms with van der Waals surface area (Å²) in [4.78, 5) is 5.06. The van der Waals surface area contributed by atoms with E-state index in [4.69, 9.17) is 9.26 Å². The van der Waals surface area contributed by atoms with Gasteiger partial charge < -0.3 is 14.6 Å². The molecule has 1 fully saturated rings. The predicted octanol–water partition coefficient (Wildman–Crippen LogP) is 0.249. The molecule has 3 heterocycles. The topological polar surface area (TPSA) is 86.0 Å². The maximum Gasteiger partial charge on any atom is 0.271 e. The number of hydrogen-bond donors (Lipinski definition) is 1. The van der Waals surface area contributed by atoms with Crippen LogP contribution in [0.4, 0.5) is 0 Å². The smallest absolute Gasteiger partial charge is 0.271 e. The van der Waals surface area contributed by atoms with Crippen molar-refractivity contribution in [2.24, 2.45) is 0 Å². The van der Waals surface area contributed by atoms with E-state index in [0.717, 1.165) is 18.0 Å². The molecule has 0 aromatic carbocycles. The van der Waals surface area contributed by atoms with Crippen molar-refractivity contribution in [2.75, 3.05) is 19.8 Å². The van der Waals surface area contributed by atoms with Crippen molar-refractivity contribution in [2.45, 2.75) is 6.04 Å². The van der Waals surface area contributed by atoms with Gasteiger partial charge in [-0.05, 0) is 11.5 Å². The Morgan fingerprint density at radius 2 is 2.50 bits per heavy atom. The molecule has 1 aliphatic heterocycles. The van der Waals surface area contributed by atoms with Crippen molar-refractivity contribution >= 4 is 11.5 Å². The molecule has 0 spiro atoms. The van der Waals surface area contributed by atoms with Gasteiger partial charge in [-0.1, -0.05) is 9.64 Å². The summed E-state index contributed by atoms with van der Waals surface area (Å²) in [5, 5.41) is 10.9. The van der Waals surface area contributed by atoms with E-state index in [1.54, 1.807) is 6.20 Å². The minimum absolute atomic E-state index is 0.00660. The molecular weight excluding hydrogens is 230 g/mol. The van der Waals surface area contributed by atoms with Gasteiger partial charge in [-0.3, -0.25) is 0 Å². The minimum atomic E-state index is 0.00660. The zero-order chi connectivity index (χ0) is 10.8. The van der Waals surface area contributed by atoms with Crippen LogP contribution in [0, 0.1) is 0 Å². The summed E-state index contributed by atoms with van der Waals surface area (Å²) in [6.07, 6.45) is 1.60. The summed E-state index contributed by atoms with van der Waals surface area (Å²) in [5.74, 6) is 1.07. The van der Waals surface area contributed by atoms with Crippen molar-refractivity contribution in [3.8, 4) is 10.8 Å². The normalized spacial score (nSPS) is 21.1. The Hall–Kier alpha value is -1.38. The first-order valence-electron chi connectivity index (χ1n) is 4.86. The first-order chi connectivity index (χ1) is 7.93. The fourth-order valence-corrected chi connectivity index (χ4v) is 1.91. The number of nitrogens with zero attached hydrogens (tertiary/aromatic N) is 4. The second-order valence-electron chi connectivity index (χ2n) is 3.32. The maximum atomic E-state index is 5.33. The van der Waals surface area contributed by atoms with E-state index in [1.807, 2.05) is 0 Å². The standard InChI is InChI=1S/C8H9N5O2S/c1-2-14-4-5(9-1)7-11-8(15-12-7)6-3-10-13-16-6/h3,5,9H,1-2,4H2. The molecule has 1 unspecified atom stereocenters. The van der Waals surface area contributed by atoms with Crippen molar-refractivity contribution in [1.29, 1.82) is 0 Å². The Kier molecular flexibility index (Phi) is 2.60. The number of nitrogens with one attached hydrogen (secondary N) is 1. The minimum Gasteiger partial charge on any atom is -0.378 e. The molecule has 1 N–H and O–H groups in total. The molecule has 84 valence electrons. The molecule has 0 saturated carbocycles. The quantitative estimate of drug-likeness (QED) is 0.803. The van der Waals surface area contributed by atoms with Crippen LogP contribution >= 0.6 is 11.5 Å². The lowest BCUT2D eigenvalue weighted by Gasteiger charge is -2.20. The second-order valence-corrected chi connectivity index (χ2v) is 4.11. The molecular formula is C8H9N5O2S.